The lowest BCUT2D eigenvalue weighted by atomic mass is 10.1. The number of benzene rings is 2. The Morgan fingerprint density at radius 3 is 2.68 bits per heavy atom. The summed E-state index contributed by atoms with van der Waals surface area (Å²) in [4.78, 5) is 9.60. The monoisotopic (exact) mass is 587 g/mol. The van der Waals surface area contributed by atoms with Gasteiger partial charge in [-0.25, -0.2) is 9.67 Å². The molecule has 0 bridgehead atoms. The minimum atomic E-state index is -0.0289. The fraction of sp³-hybridized carbons (Fsp3) is 0.286. The van der Waals surface area contributed by atoms with Gasteiger partial charge in [-0.15, -0.1) is 0 Å². The molecule has 0 spiro atoms. The summed E-state index contributed by atoms with van der Waals surface area (Å²) in [5.41, 5.74) is 8.56. The van der Waals surface area contributed by atoms with Crippen molar-refractivity contribution in [2.45, 2.75) is 45.0 Å². The largest absolute Gasteiger partial charge is 0.497 e. The smallest absolute Gasteiger partial charge is 0.151 e. The fourth-order valence-electron chi connectivity index (χ4n) is 5.89. The Balaban J connectivity index is 1.20. The second-order valence-electron chi connectivity index (χ2n) is 11.2. The molecule has 1 aliphatic rings. The van der Waals surface area contributed by atoms with Crippen LogP contribution in [0, 0.1) is 0 Å². The van der Waals surface area contributed by atoms with Crippen LogP contribution in [0.5, 0.6) is 5.75 Å². The third-order valence-electron chi connectivity index (χ3n) is 8.21. The van der Waals surface area contributed by atoms with Crippen LogP contribution >= 0.6 is 0 Å². The average molecular weight is 588 g/mol. The second kappa shape index (κ2) is 12.9. The highest BCUT2D eigenvalue weighted by atomic mass is 16.5. The van der Waals surface area contributed by atoms with Crippen LogP contribution < -0.4 is 15.4 Å². The van der Waals surface area contributed by atoms with E-state index in [1.807, 2.05) is 41.3 Å². The van der Waals surface area contributed by atoms with Crippen molar-refractivity contribution in [1.29, 1.82) is 0 Å². The molecule has 44 heavy (non-hydrogen) atoms. The van der Waals surface area contributed by atoms with Gasteiger partial charge >= 0.3 is 0 Å². The van der Waals surface area contributed by atoms with E-state index >= 15 is 0 Å². The molecule has 1 aliphatic heterocycles. The fourth-order valence-corrected chi connectivity index (χ4v) is 5.89. The number of anilines is 1. The van der Waals surface area contributed by atoms with Crippen LogP contribution in [-0.2, 0) is 24.2 Å². The maximum Gasteiger partial charge on any atom is 0.151 e. The van der Waals surface area contributed by atoms with E-state index in [1.54, 1.807) is 7.11 Å². The van der Waals surface area contributed by atoms with Crippen LogP contribution in [0.4, 0.5) is 5.82 Å². The topological polar surface area (TPSA) is 90.5 Å². The number of rotatable bonds is 11. The van der Waals surface area contributed by atoms with Gasteiger partial charge in [0.2, 0.25) is 0 Å². The maximum atomic E-state index is 6.06. The molecule has 0 amide bonds. The lowest BCUT2D eigenvalue weighted by Crippen LogP contribution is -2.19. The zero-order valence-electron chi connectivity index (χ0n) is 24.9. The Labute approximate surface area is 256 Å². The molecule has 9 heteroatoms. The Morgan fingerprint density at radius 1 is 0.932 bits per heavy atom. The lowest BCUT2D eigenvalue weighted by molar-refractivity contribution is -0.0383. The predicted octanol–water partition coefficient (Wildman–Crippen LogP) is 6.40. The highest BCUT2D eigenvalue weighted by molar-refractivity contribution is 5.88. The van der Waals surface area contributed by atoms with Crippen molar-refractivity contribution in [3.8, 4) is 17.0 Å². The number of ether oxygens (including phenoxy) is 2. The molecule has 0 saturated carbocycles. The molecule has 6 aromatic rings. The van der Waals surface area contributed by atoms with Gasteiger partial charge in [-0.2, -0.15) is 5.10 Å². The van der Waals surface area contributed by atoms with E-state index in [0.717, 1.165) is 96.0 Å². The van der Waals surface area contributed by atoms with Crippen LogP contribution in [0.2, 0.25) is 0 Å². The van der Waals surface area contributed by atoms with E-state index in [0.29, 0.717) is 6.54 Å². The van der Waals surface area contributed by atoms with Gasteiger partial charge in [0.1, 0.15) is 5.75 Å². The van der Waals surface area contributed by atoms with Crippen molar-refractivity contribution in [2.75, 3.05) is 25.6 Å². The molecule has 9 nitrogen and oxygen atoms in total. The Bertz CT molecular complexity index is 1840. The van der Waals surface area contributed by atoms with Crippen molar-refractivity contribution < 1.29 is 9.47 Å². The Kier molecular flexibility index (Phi) is 8.21. The normalized spacial score (nSPS) is 15.2. The molecule has 1 fully saturated rings. The molecule has 2 aromatic carbocycles. The number of pyridine rings is 1. The number of nitrogens with zero attached hydrogens (tertiary/aromatic N) is 5. The van der Waals surface area contributed by atoms with Gasteiger partial charge in [0.25, 0.3) is 0 Å². The van der Waals surface area contributed by atoms with Crippen LogP contribution in [0.3, 0.4) is 0 Å². The summed E-state index contributed by atoms with van der Waals surface area (Å²) in [6, 6.07) is 24.9. The van der Waals surface area contributed by atoms with Gasteiger partial charge < -0.3 is 24.5 Å². The third kappa shape index (κ3) is 6.02. The van der Waals surface area contributed by atoms with Crippen molar-refractivity contribution >= 4 is 22.4 Å². The van der Waals surface area contributed by atoms with E-state index in [9.17, 15) is 0 Å². The van der Waals surface area contributed by atoms with Crippen LogP contribution in [0.25, 0.3) is 27.8 Å². The van der Waals surface area contributed by atoms with Crippen molar-refractivity contribution in [1.82, 2.24) is 29.5 Å². The molecule has 1 atom stereocenters. The van der Waals surface area contributed by atoms with E-state index in [1.165, 1.54) is 5.56 Å². The first-order valence-electron chi connectivity index (χ1n) is 15.3. The molecule has 1 saturated heterocycles. The summed E-state index contributed by atoms with van der Waals surface area (Å²) in [5, 5.41) is 11.8. The number of methoxy groups -OCH3 is 1. The number of aromatic nitrogens is 5. The average Bonchev–Trinajstić information content (AvgIpc) is 3.75. The lowest BCUT2D eigenvalue weighted by Gasteiger charge is -2.24. The van der Waals surface area contributed by atoms with Crippen LogP contribution in [0.15, 0.2) is 91.4 Å². The Morgan fingerprint density at radius 2 is 1.86 bits per heavy atom. The van der Waals surface area contributed by atoms with E-state index in [4.69, 9.17) is 14.5 Å². The second-order valence-corrected chi connectivity index (χ2v) is 11.2. The molecule has 7 rings (SSSR count). The molecular weight excluding hydrogens is 550 g/mol. The quantitative estimate of drug-likeness (QED) is 0.170. The van der Waals surface area contributed by atoms with Crippen molar-refractivity contribution in [3.05, 3.63) is 108 Å². The summed E-state index contributed by atoms with van der Waals surface area (Å²) in [5.74, 6) is 1.69. The SMILES string of the molecule is COc1ccc(CNc2nc3cc(-c4ccnn4C4CCCCO4)ccc3n3cc(CNCCc4ccccn4)cc23)cc1. The molecule has 2 N–H and O–H groups in total. The number of fused-ring (bicyclic) bond motifs is 3. The van der Waals surface area contributed by atoms with E-state index in [2.05, 4.69) is 79.8 Å². The van der Waals surface area contributed by atoms with E-state index < -0.39 is 0 Å². The highest BCUT2D eigenvalue weighted by Gasteiger charge is 2.20. The minimum Gasteiger partial charge on any atom is -0.497 e. The summed E-state index contributed by atoms with van der Waals surface area (Å²) in [7, 11) is 1.68. The summed E-state index contributed by atoms with van der Waals surface area (Å²) in [6.45, 7) is 3.03. The van der Waals surface area contributed by atoms with Gasteiger partial charge in [0.15, 0.2) is 12.0 Å². The Hall–Kier alpha value is -4.73. The highest BCUT2D eigenvalue weighted by Crippen LogP contribution is 2.32. The summed E-state index contributed by atoms with van der Waals surface area (Å²) >= 11 is 0. The molecule has 1 unspecified atom stereocenters. The first-order valence-corrected chi connectivity index (χ1v) is 15.3. The number of hydrogen-bond donors (Lipinski definition) is 2. The molecule has 0 aliphatic carbocycles. The van der Waals surface area contributed by atoms with Gasteiger partial charge in [0.05, 0.1) is 29.4 Å². The van der Waals surface area contributed by atoms with Crippen LogP contribution in [-0.4, -0.2) is 44.4 Å². The number of nitrogens with one attached hydrogen (secondary N) is 2. The predicted molar refractivity (Wildman–Crippen MR) is 173 cm³/mol. The minimum absolute atomic E-state index is 0.0289. The zero-order chi connectivity index (χ0) is 29.7. The molecular formula is C35H37N7O2. The zero-order valence-corrected chi connectivity index (χ0v) is 24.9. The molecule has 4 aromatic heterocycles. The van der Waals surface area contributed by atoms with Crippen molar-refractivity contribution in [3.63, 3.8) is 0 Å². The van der Waals surface area contributed by atoms with Gasteiger partial charge in [-0.1, -0.05) is 24.3 Å². The first kappa shape index (κ1) is 28.1. The van der Waals surface area contributed by atoms with Crippen molar-refractivity contribution in [2.24, 2.45) is 0 Å². The summed E-state index contributed by atoms with van der Waals surface area (Å²) < 4.78 is 15.7. The summed E-state index contributed by atoms with van der Waals surface area (Å²) in [6.07, 6.45) is 10.0. The maximum absolute atomic E-state index is 6.06. The van der Waals surface area contributed by atoms with Crippen LogP contribution in [0.1, 0.15) is 42.3 Å². The standard InChI is InChI=1S/C35H37N7O2/c1-43-29-11-8-25(9-12-29)23-38-35-33-20-26(22-36-17-14-28-6-2-4-16-37-28)24-41(33)32-13-10-27(21-30(32)40-35)31-15-18-39-42(31)34-7-3-5-19-44-34/h2,4,6,8-13,15-16,18,20-21,24,34,36H,3,5,7,14,17,19,22-23H2,1H3,(H,38,40). The first-order chi connectivity index (χ1) is 21.7. The van der Waals surface area contributed by atoms with Gasteiger partial charge in [0, 0.05) is 62.5 Å². The molecule has 0 radical (unpaired) electrons. The molecule has 224 valence electrons. The third-order valence-corrected chi connectivity index (χ3v) is 8.21. The molecule has 5 heterocycles. The van der Waals surface area contributed by atoms with Gasteiger partial charge in [-0.05, 0) is 78.9 Å². The van der Waals surface area contributed by atoms with E-state index in [-0.39, 0.29) is 6.23 Å². The number of hydrogen-bond acceptors (Lipinski definition) is 7. The van der Waals surface area contributed by atoms with Gasteiger partial charge in [-0.3, -0.25) is 4.98 Å².